The van der Waals surface area contributed by atoms with Crippen molar-refractivity contribution in [1.82, 2.24) is 22.2 Å². The quantitative estimate of drug-likeness (QED) is 0.0356. The molecule has 2 unspecified atom stereocenters. The van der Waals surface area contributed by atoms with Crippen LogP contribution in [0.5, 0.6) is 0 Å². The summed E-state index contributed by atoms with van der Waals surface area (Å²) in [4.78, 5) is 21.8. The topological polar surface area (TPSA) is 183 Å². The van der Waals surface area contributed by atoms with E-state index in [0.29, 0.717) is 64.1 Å². The number of hydrogen-bond donors (Lipinski definition) is 5. The number of nitrogens with zero attached hydrogens (tertiary/aromatic N) is 1. The van der Waals surface area contributed by atoms with Crippen LogP contribution in [0.25, 0.3) is 0 Å². The third-order valence-corrected chi connectivity index (χ3v) is 8.32. The first-order valence-corrected chi connectivity index (χ1v) is 16.4. The molecule has 0 fully saturated rings. The third-order valence-electron chi connectivity index (χ3n) is 5.77. The first-order valence-electron chi connectivity index (χ1n) is 14.5. The molecule has 13 nitrogen and oxygen atoms in total. The predicted octanol–water partition coefficient (Wildman–Crippen LogP) is 3.34. The van der Waals surface area contributed by atoms with Gasteiger partial charge in [0, 0.05) is 51.1 Å². The van der Waals surface area contributed by atoms with Crippen molar-refractivity contribution in [2.75, 3.05) is 72.2 Å². The van der Waals surface area contributed by atoms with E-state index in [-0.39, 0.29) is 50.0 Å². The van der Waals surface area contributed by atoms with Gasteiger partial charge in [-0.05, 0) is 50.2 Å². The van der Waals surface area contributed by atoms with Gasteiger partial charge in [-0.25, -0.2) is 5.48 Å². The molecule has 0 saturated heterocycles. The number of rotatable bonds is 29. The van der Waals surface area contributed by atoms with Crippen molar-refractivity contribution in [2.24, 2.45) is 5.92 Å². The summed E-state index contributed by atoms with van der Waals surface area (Å²) >= 11 is 0. The molecule has 0 aromatic rings. The van der Waals surface area contributed by atoms with E-state index in [2.05, 4.69) is 10.8 Å². The molecule has 0 saturated carbocycles. The zero-order chi connectivity index (χ0) is 30.1. The van der Waals surface area contributed by atoms with E-state index in [1.165, 1.54) is 0 Å². The summed E-state index contributed by atoms with van der Waals surface area (Å²) in [6, 6.07) is 0. The van der Waals surface area contributed by atoms with Crippen LogP contribution in [0.4, 0.5) is 4.48 Å². The maximum atomic E-state index is 13.6. The Morgan fingerprint density at radius 1 is 0.902 bits per heavy atom. The van der Waals surface area contributed by atoms with Gasteiger partial charge in [-0.3, -0.25) is 14.2 Å². The molecule has 0 aromatic carbocycles. The minimum absolute atomic E-state index is 0. The fraction of sp³-hybridized carbons (Fsp3) is 0.962. The van der Waals surface area contributed by atoms with E-state index in [4.69, 9.17) is 23.7 Å². The molecule has 0 heterocycles. The highest BCUT2D eigenvalue weighted by Crippen LogP contribution is 2.50. The normalized spacial score (nSPS) is 13.9. The largest absolute Gasteiger partial charge is 0.391 e. The highest BCUT2D eigenvalue weighted by Gasteiger charge is 2.27. The van der Waals surface area contributed by atoms with Gasteiger partial charge < -0.3 is 40.5 Å². The van der Waals surface area contributed by atoms with Gasteiger partial charge in [0.2, 0.25) is 13.3 Å². The molecule has 41 heavy (non-hydrogen) atoms. The van der Waals surface area contributed by atoms with Gasteiger partial charge >= 0.3 is 0 Å². The van der Waals surface area contributed by atoms with E-state index in [1.54, 1.807) is 13.8 Å². The highest BCUT2D eigenvalue weighted by atomic mass is 31.2. The molecule has 1 amide bonds. The van der Waals surface area contributed by atoms with Gasteiger partial charge in [-0.2, -0.15) is 0 Å². The van der Waals surface area contributed by atoms with Gasteiger partial charge in [-0.15, -0.1) is 4.48 Å². The zero-order valence-electron chi connectivity index (χ0n) is 25.7. The third kappa shape index (κ3) is 25.4. The lowest BCUT2D eigenvalue weighted by Gasteiger charge is -2.21. The maximum absolute atomic E-state index is 13.6. The van der Waals surface area contributed by atoms with Gasteiger partial charge in [0.1, 0.15) is 6.35 Å². The van der Waals surface area contributed by atoms with Crippen LogP contribution in [0.15, 0.2) is 0 Å². The van der Waals surface area contributed by atoms with E-state index in [0.717, 1.165) is 25.7 Å². The Hall–Kier alpha value is -0.770. The monoisotopic (exact) mass is 620 g/mol. The number of unbranched alkanes of at least 4 members (excludes halogenated alkanes) is 2. The van der Waals surface area contributed by atoms with Crippen molar-refractivity contribution >= 4 is 13.3 Å². The average molecular weight is 621 g/mol. The van der Waals surface area contributed by atoms with Crippen LogP contribution in [-0.2, 0) is 33.0 Å². The summed E-state index contributed by atoms with van der Waals surface area (Å²) in [6.45, 7) is 10.9. The fourth-order valence-electron chi connectivity index (χ4n) is 3.03. The number of nitrogens with one attached hydrogen (secondary N) is 2. The van der Waals surface area contributed by atoms with Crippen LogP contribution in [0.1, 0.15) is 72.6 Å². The molecule has 0 aromatic heterocycles. The number of halogens is 1. The molecule has 7 N–H and O–H groups in total. The molecule has 15 heteroatoms. The first kappa shape index (κ1) is 42.4. The summed E-state index contributed by atoms with van der Waals surface area (Å²) in [6.07, 6.45) is 3.52. The second kappa shape index (κ2) is 28.0. The van der Waals surface area contributed by atoms with Gasteiger partial charge in [-0.1, -0.05) is 27.7 Å². The zero-order valence-corrected chi connectivity index (χ0v) is 26.6. The number of carbonyl (C=O) groups excluding carboxylic acids is 1. The Bertz CT molecular complexity index is 654. The Labute approximate surface area is 246 Å². The minimum Gasteiger partial charge on any atom is -0.391 e. The van der Waals surface area contributed by atoms with Crippen LogP contribution in [0, 0.1) is 5.92 Å². The van der Waals surface area contributed by atoms with Crippen molar-refractivity contribution in [2.45, 2.75) is 84.4 Å². The Balaban J connectivity index is 0. The lowest BCUT2D eigenvalue weighted by Crippen LogP contribution is -2.28. The van der Waals surface area contributed by atoms with E-state index in [1.807, 2.05) is 13.8 Å². The van der Waals surface area contributed by atoms with E-state index >= 15 is 0 Å². The van der Waals surface area contributed by atoms with Gasteiger partial charge in [0.05, 0.1) is 32.5 Å². The molecule has 0 radical (unpaired) electrons. The van der Waals surface area contributed by atoms with Crippen LogP contribution >= 0.6 is 7.37 Å². The molecule has 2 atom stereocenters. The van der Waals surface area contributed by atoms with Crippen LogP contribution in [0.3, 0.4) is 0 Å². The van der Waals surface area contributed by atoms with Crippen LogP contribution in [-0.4, -0.2) is 105 Å². The number of carbonyl (C=O) groups is 1. The van der Waals surface area contributed by atoms with Gasteiger partial charge in [0.15, 0.2) is 0 Å². The molecule has 0 bridgehead atoms. The standard InChI is InChI=1S/C26H55FN3O9P.H3N/c1-23(2)26(33)28-12-6-5-7-18-37-29-13-8-15-35-16-9-14-30(27)38-19-10-17-36-20-11-25(32)21-39-40(34,22-31)24(3)4;/h23-25,29,31-32H,5-22H2,1-4H3,(H,28,33);1H3. The smallest absolute Gasteiger partial charge is 0.230 e. The van der Waals surface area contributed by atoms with Crippen LogP contribution < -0.4 is 16.9 Å². The van der Waals surface area contributed by atoms with E-state index < -0.39 is 19.8 Å². The van der Waals surface area contributed by atoms with Crippen LogP contribution in [0.2, 0.25) is 0 Å². The Morgan fingerprint density at radius 2 is 1.59 bits per heavy atom. The molecular weight excluding hydrogens is 562 g/mol. The molecule has 0 rings (SSSR count). The predicted molar refractivity (Wildman–Crippen MR) is 156 cm³/mol. The lowest BCUT2D eigenvalue weighted by molar-refractivity contribution is -0.282. The SMILES string of the molecule is CC(C)C(=O)NCCCCCONCCCOCCCN(F)OCCCOCCC(O)COP(=O)(CO)C(C)C.N. The molecule has 0 aliphatic rings. The first-order chi connectivity index (χ1) is 19.1. The van der Waals surface area contributed by atoms with Crippen molar-refractivity contribution in [3.05, 3.63) is 0 Å². The number of amides is 1. The number of ether oxygens (including phenoxy) is 2. The van der Waals surface area contributed by atoms with Gasteiger partial charge in [0.25, 0.3) is 0 Å². The summed E-state index contributed by atoms with van der Waals surface area (Å²) in [5, 5.41) is 22.3. The number of hydrogen-bond acceptors (Lipinski definition) is 12. The molecular formula is C26H58FN4O9P. The van der Waals surface area contributed by atoms with Crippen molar-refractivity contribution in [3.63, 3.8) is 0 Å². The van der Waals surface area contributed by atoms with E-state index in [9.17, 15) is 24.1 Å². The lowest BCUT2D eigenvalue weighted by atomic mass is 10.2. The van der Waals surface area contributed by atoms with Crippen molar-refractivity contribution < 1.29 is 47.7 Å². The summed E-state index contributed by atoms with van der Waals surface area (Å²) in [7, 11) is -3.14. The number of aliphatic hydroxyl groups excluding tert-OH is 2. The summed E-state index contributed by atoms with van der Waals surface area (Å²) in [5.41, 5.74) is 2.58. The Morgan fingerprint density at radius 3 is 2.27 bits per heavy atom. The average Bonchev–Trinajstić information content (AvgIpc) is 2.92. The molecule has 0 aliphatic heterocycles. The highest BCUT2D eigenvalue weighted by molar-refractivity contribution is 7.59. The molecule has 0 spiro atoms. The number of aliphatic hydroxyl groups is 2. The van der Waals surface area contributed by atoms with Crippen molar-refractivity contribution in [1.29, 1.82) is 0 Å². The maximum Gasteiger partial charge on any atom is 0.230 e. The molecule has 248 valence electrons. The molecule has 0 aliphatic carbocycles. The fourth-order valence-corrected chi connectivity index (χ4v) is 4.17. The summed E-state index contributed by atoms with van der Waals surface area (Å²) < 4.78 is 42.0. The number of hydroxylamine groups is 2. The Kier molecular flexibility index (Phi) is 29.0. The van der Waals surface area contributed by atoms with Crippen molar-refractivity contribution in [3.8, 4) is 0 Å². The second-order valence-corrected chi connectivity index (χ2v) is 13.1. The second-order valence-electron chi connectivity index (χ2n) is 10.1. The summed E-state index contributed by atoms with van der Waals surface area (Å²) in [5.74, 6) is 0.109. The minimum atomic E-state index is -3.14.